The van der Waals surface area contributed by atoms with Gasteiger partial charge in [0.05, 0.1) is 20.1 Å². The van der Waals surface area contributed by atoms with Crippen LogP contribution in [0.15, 0.2) is 53.0 Å². The van der Waals surface area contributed by atoms with Gasteiger partial charge < -0.3 is 14.8 Å². The van der Waals surface area contributed by atoms with E-state index in [0.29, 0.717) is 18.1 Å². The van der Waals surface area contributed by atoms with Crippen molar-refractivity contribution in [3.05, 3.63) is 64.1 Å². The Morgan fingerprint density at radius 2 is 1.79 bits per heavy atom. The summed E-state index contributed by atoms with van der Waals surface area (Å²) in [5, 5.41) is 2.77. The highest BCUT2D eigenvalue weighted by atomic mass is 79.9. The maximum atomic E-state index is 12.5. The van der Waals surface area contributed by atoms with Gasteiger partial charge in [0, 0.05) is 4.47 Å². The summed E-state index contributed by atoms with van der Waals surface area (Å²) in [5.74, 6) is 0.440. The van der Waals surface area contributed by atoms with E-state index in [2.05, 4.69) is 35.1 Å². The molecule has 0 aliphatic carbocycles. The standard InChI is InChI=1S/C23H28BrNO4/c1-4-7-16(2)15-29-19-12-10-17(11-13-19)22(23(27)28-3)25-21(26)14-18-8-5-6-9-20(18)24/h5-6,8-13,16,22H,4,7,14-15H2,1-3H3,(H,25,26)/t16?,22-/m1/s1. The van der Waals surface area contributed by atoms with Crippen LogP contribution in [0, 0.1) is 5.92 Å². The van der Waals surface area contributed by atoms with Crippen molar-refractivity contribution in [1.29, 1.82) is 0 Å². The predicted octanol–water partition coefficient (Wildman–Crippen LogP) is 4.84. The lowest BCUT2D eigenvalue weighted by Gasteiger charge is -2.18. The average Bonchev–Trinajstić information content (AvgIpc) is 2.72. The van der Waals surface area contributed by atoms with Crippen molar-refractivity contribution in [1.82, 2.24) is 5.32 Å². The summed E-state index contributed by atoms with van der Waals surface area (Å²) < 4.78 is 11.5. The van der Waals surface area contributed by atoms with Crippen LogP contribution in [0.4, 0.5) is 0 Å². The second kappa shape index (κ2) is 11.6. The number of benzene rings is 2. The lowest BCUT2D eigenvalue weighted by atomic mass is 10.1. The molecule has 1 N–H and O–H groups in total. The molecule has 2 rings (SSSR count). The minimum atomic E-state index is -0.872. The first-order valence-corrected chi connectivity index (χ1v) is 10.6. The second-order valence-corrected chi connectivity index (χ2v) is 7.92. The van der Waals surface area contributed by atoms with Gasteiger partial charge in [0.1, 0.15) is 5.75 Å². The van der Waals surface area contributed by atoms with Gasteiger partial charge in [0.15, 0.2) is 6.04 Å². The van der Waals surface area contributed by atoms with E-state index in [1.165, 1.54) is 7.11 Å². The highest BCUT2D eigenvalue weighted by Gasteiger charge is 2.24. The maximum absolute atomic E-state index is 12.5. The van der Waals surface area contributed by atoms with E-state index in [4.69, 9.17) is 9.47 Å². The highest BCUT2D eigenvalue weighted by molar-refractivity contribution is 9.10. The molecule has 0 aliphatic heterocycles. The Labute approximate surface area is 180 Å². The zero-order valence-electron chi connectivity index (χ0n) is 17.1. The number of methoxy groups -OCH3 is 1. The van der Waals surface area contributed by atoms with Crippen molar-refractivity contribution in [2.45, 2.75) is 39.2 Å². The highest BCUT2D eigenvalue weighted by Crippen LogP contribution is 2.21. The van der Waals surface area contributed by atoms with Crippen LogP contribution in [-0.2, 0) is 20.7 Å². The monoisotopic (exact) mass is 461 g/mol. The quantitative estimate of drug-likeness (QED) is 0.514. The zero-order chi connectivity index (χ0) is 21.2. The Hall–Kier alpha value is -2.34. The Kier molecular flexibility index (Phi) is 9.19. The molecule has 0 radical (unpaired) electrons. The van der Waals surface area contributed by atoms with Gasteiger partial charge in [0.25, 0.3) is 0 Å². The fourth-order valence-electron chi connectivity index (χ4n) is 2.99. The lowest BCUT2D eigenvalue weighted by Crippen LogP contribution is -2.35. The van der Waals surface area contributed by atoms with Crippen LogP contribution >= 0.6 is 15.9 Å². The Bertz CT molecular complexity index is 807. The third-order valence-electron chi connectivity index (χ3n) is 4.58. The maximum Gasteiger partial charge on any atom is 0.333 e. The second-order valence-electron chi connectivity index (χ2n) is 7.07. The molecule has 2 aromatic carbocycles. The van der Waals surface area contributed by atoms with Crippen LogP contribution in [0.2, 0.25) is 0 Å². The number of carbonyl (C=O) groups excluding carboxylic acids is 2. The molecule has 2 aromatic rings. The van der Waals surface area contributed by atoms with E-state index in [1.807, 2.05) is 36.4 Å². The van der Waals surface area contributed by atoms with E-state index < -0.39 is 12.0 Å². The molecule has 0 spiro atoms. The fourth-order valence-corrected chi connectivity index (χ4v) is 3.42. The fraction of sp³-hybridized carbons (Fsp3) is 0.391. The summed E-state index contributed by atoms with van der Waals surface area (Å²) in [6.07, 6.45) is 2.40. The predicted molar refractivity (Wildman–Crippen MR) is 117 cm³/mol. The molecule has 0 heterocycles. The van der Waals surface area contributed by atoms with E-state index in [0.717, 1.165) is 28.6 Å². The van der Waals surface area contributed by atoms with Gasteiger partial charge in [-0.05, 0) is 41.7 Å². The molecule has 6 heteroatoms. The van der Waals surface area contributed by atoms with Crippen LogP contribution in [-0.4, -0.2) is 25.6 Å². The van der Waals surface area contributed by atoms with Crippen molar-refractivity contribution >= 4 is 27.8 Å². The summed E-state index contributed by atoms with van der Waals surface area (Å²) in [6, 6.07) is 13.8. The molecule has 2 atom stereocenters. The molecule has 0 aliphatic rings. The van der Waals surface area contributed by atoms with E-state index >= 15 is 0 Å². The van der Waals surface area contributed by atoms with Gasteiger partial charge in [-0.3, -0.25) is 4.79 Å². The topological polar surface area (TPSA) is 64.6 Å². The molecule has 5 nitrogen and oxygen atoms in total. The third kappa shape index (κ3) is 7.20. The summed E-state index contributed by atoms with van der Waals surface area (Å²) in [6.45, 7) is 4.96. The van der Waals surface area contributed by atoms with Crippen molar-refractivity contribution in [2.75, 3.05) is 13.7 Å². The Morgan fingerprint density at radius 1 is 1.10 bits per heavy atom. The number of carbonyl (C=O) groups is 2. The molecule has 1 amide bonds. The molecule has 0 saturated heterocycles. The van der Waals surface area contributed by atoms with Crippen LogP contribution in [0.25, 0.3) is 0 Å². The van der Waals surface area contributed by atoms with E-state index in [9.17, 15) is 9.59 Å². The van der Waals surface area contributed by atoms with Crippen molar-refractivity contribution in [3.8, 4) is 5.75 Å². The van der Waals surface area contributed by atoms with Crippen LogP contribution in [0.5, 0.6) is 5.75 Å². The van der Waals surface area contributed by atoms with Gasteiger partial charge >= 0.3 is 5.97 Å². The largest absolute Gasteiger partial charge is 0.493 e. The SMILES string of the molecule is CCCC(C)COc1ccc([C@@H](NC(=O)Cc2ccccc2Br)C(=O)OC)cc1. The number of esters is 1. The summed E-state index contributed by atoms with van der Waals surface area (Å²) in [4.78, 5) is 24.8. The normalized spacial score (nSPS) is 12.7. The van der Waals surface area contributed by atoms with E-state index in [1.54, 1.807) is 12.1 Å². The number of rotatable bonds is 10. The van der Waals surface area contributed by atoms with Gasteiger partial charge in [-0.25, -0.2) is 4.79 Å². The van der Waals surface area contributed by atoms with Crippen LogP contribution < -0.4 is 10.1 Å². The molecule has 0 fully saturated rings. The van der Waals surface area contributed by atoms with Crippen LogP contribution in [0.3, 0.4) is 0 Å². The average molecular weight is 462 g/mol. The Balaban J connectivity index is 2.05. The first-order valence-electron chi connectivity index (χ1n) is 9.78. The van der Waals surface area contributed by atoms with Crippen molar-refractivity contribution in [2.24, 2.45) is 5.92 Å². The molecule has 156 valence electrons. The van der Waals surface area contributed by atoms with Gasteiger partial charge in [-0.1, -0.05) is 66.5 Å². The number of ether oxygens (including phenoxy) is 2. The molecule has 0 bridgehead atoms. The molecule has 29 heavy (non-hydrogen) atoms. The zero-order valence-corrected chi connectivity index (χ0v) is 18.7. The summed E-state index contributed by atoms with van der Waals surface area (Å²) in [5.41, 5.74) is 1.49. The van der Waals surface area contributed by atoms with Gasteiger partial charge in [-0.15, -0.1) is 0 Å². The Morgan fingerprint density at radius 3 is 2.41 bits per heavy atom. The number of hydrogen-bond acceptors (Lipinski definition) is 4. The molecular formula is C23H28BrNO4. The van der Waals surface area contributed by atoms with Gasteiger partial charge in [0.2, 0.25) is 5.91 Å². The summed E-state index contributed by atoms with van der Waals surface area (Å²) in [7, 11) is 1.31. The van der Waals surface area contributed by atoms with Crippen LogP contribution in [0.1, 0.15) is 43.9 Å². The lowest BCUT2D eigenvalue weighted by molar-refractivity contribution is -0.145. The first kappa shape index (κ1) is 22.9. The minimum Gasteiger partial charge on any atom is -0.493 e. The van der Waals surface area contributed by atoms with E-state index in [-0.39, 0.29) is 12.3 Å². The smallest absolute Gasteiger partial charge is 0.333 e. The first-order chi connectivity index (χ1) is 13.9. The molecular weight excluding hydrogens is 434 g/mol. The van der Waals surface area contributed by atoms with Crippen molar-refractivity contribution in [3.63, 3.8) is 0 Å². The van der Waals surface area contributed by atoms with Crippen molar-refractivity contribution < 1.29 is 19.1 Å². The number of nitrogens with one attached hydrogen (secondary N) is 1. The number of amides is 1. The molecule has 0 saturated carbocycles. The number of hydrogen-bond donors (Lipinski definition) is 1. The van der Waals surface area contributed by atoms with Gasteiger partial charge in [-0.2, -0.15) is 0 Å². The molecule has 1 unspecified atom stereocenters. The molecule has 0 aromatic heterocycles. The third-order valence-corrected chi connectivity index (χ3v) is 5.35. The number of halogens is 1. The minimum absolute atomic E-state index is 0.158. The summed E-state index contributed by atoms with van der Waals surface area (Å²) >= 11 is 3.44.